The molecule has 0 aliphatic rings. The highest BCUT2D eigenvalue weighted by Crippen LogP contribution is 2.30. The third-order valence-electron chi connectivity index (χ3n) is 1.48. The van der Waals surface area contributed by atoms with Crippen LogP contribution in [0.5, 0.6) is 5.75 Å². The molecule has 0 fully saturated rings. The van der Waals surface area contributed by atoms with E-state index >= 15 is 0 Å². The lowest BCUT2D eigenvalue weighted by Crippen LogP contribution is -1.96. The molecule has 0 aliphatic heterocycles. The first-order valence-electron chi connectivity index (χ1n) is 3.40. The summed E-state index contributed by atoms with van der Waals surface area (Å²) in [5, 5.41) is 8.54. The first-order valence-corrected chi connectivity index (χ1v) is 3.40. The average Bonchev–Trinajstić information content (AvgIpc) is 2.16. The van der Waals surface area contributed by atoms with Crippen molar-refractivity contribution in [3.63, 3.8) is 0 Å². The zero-order valence-corrected chi connectivity index (χ0v) is 6.79. The van der Waals surface area contributed by atoms with Crippen molar-refractivity contribution >= 4 is 0 Å². The van der Waals surface area contributed by atoms with Crippen molar-refractivity contribution in [3.8, 4) is 11.8 Å². The van der Waals surface area contributed by atoms with Crippen molar-refractivity contribution in [2.75, 3.05) is 7.11 Å². The standard InChI is InChI=1S/C8H6F2N2O/c1-13-7-5(2-11)3-12-4-6(7)8(9)10/h3-4,8H,1H3. The second-order valence-corrected chi connectivity index (χ2v) is 2.22. The number of halogens is 2. The minimum Gasteiger partial charge on any atom is -0.495 e. The van der Waals surface area contributed by atoms with E-state index in [0.29, 0.717) is 0 Å². The summed E-state index contributed by atoms with van der Waals surface area (Å²) in [5.41, 5.74) is -0.346. The summed E-state index contributed by atoms with van der Waals surface area (Å²) >= 11 is 0. The third-order valence-corrected chi connectivity index (χ3v) is 1.48. The number of hydrogen-bond donors (Lipinski definition) is 0. The van der Waals surface area contributed by atoms with E-state index in [2.05, 4.69) is 9.72 Å². The van der Waals surface area contributed by atoms with Crippen molar-refractivity contribution in [3.05, 3.63) is 23.5 Å². The van der Waals surface area contributed by atoms with Crippen LogP contribution in [0.2, 0.25) is 0 Å². The monoisotopic (exact) mass is 184 g/mol. The number of rotatable bonds is 2. The van der Waals surface area contributed by atoms with Gasteiger partial charge in [0.25, 0.3) is 6.43 Å². The SMILES string of the molecule is COc1c(C#N)cncc1C(F)F. The maximum atomic E-state index is 12.3. The lowest BCUT2D eigenvalue weighted by Gasteiger charge is -2.07. The molecule has 0 aromatic carbocycles. The van der Waals surface area contributed by atoms with E-state index < -0.39 is 6.43 Å². The Bertz CT molecular complexity index is 346. The van der Waals surface area contributed by atoms with Gasteiger partial charge in [-0.15, -0.1) is 0 Å². The Labute approximate surface area is 73.6 Å². The summed E-state index contributed by atoms with van der Waals surface area (Å²) < 4.78 is 29.3. The van der Waals surface area contributed by atoms with Gasteiger partial charge in [-0.05, 0) is 0 Å². The van der Waals surface area contributed by atoms with Crippen LogP contribution in [0.15, 0.2) is 12.4 Å². The molecular weight excluding hydrogens is 178 g/mol. The van der Waals surface area contributed by atoms with Crippen LogP contribution < -0.4 is 4.74 Å². The highest BCUT2D eigenvalue weighted by Gasteiger charge is 2.17. The molecule has 0 atom stereocenters. The summed E-state index contributed by atoms with van der Waals surface area (Å²) in [5.74, 6) is -0.104. The second-order valence-electron chi connectivity index (χ2n) is 2.22. The van der Waals surface area contributed by atoms with Crippen molar-refractivity contribution in [2.24, 2.45) is 0 Å². The lowest BCUT2D eigenvalue weighted by molar-refractivity contribution is 0.146. The molecule has 0 aliphatic carbocycles. The van der Waals surface area contributed by atoms with Gasteiger partial charge in [0.2, 0.25) is 0 Å². The normalized spacial score (nSPS) is 9.77. The molecule has 1 heterocycles. The summed E-state index contributed by atoms with van der Waals surface area (Å²) in [6.45, 7) is 0. The number of alkyl halides is 2. The van der Waals surface area contributed by atoms with E-state index in [1.54, 1.807) is 6.07 Å². The van der Waals surface area contributed by atoms with E-state index in [1.807, 2.05) is 0 Å². The smallest absolute Gasteiger partial charge is 0.268 e. The minimum absolute atomic E-state index is 0.0142. The number of nitrogens with zero attached hydrogens (tertiary/aromatic N) is 2. The number of methoxy groups -OCH3 is 1. The molecule has 1 aromatic heterocycles. The van der Waals surface area contributed by atoms with Gasteiger partial charge in [0, 0.05) is 12.4 Å². The first kappa shape index (κ1) is 9.39. The molecule has 0 amide bonds. The van der Waals surface area contributed by atoms with Crippen LogP contribution in [0, 0.1) is 11.3 Å². The Balaban J connectivity index is 3.29. The molecule has 0 bridgehead atoms. The largest absolute Gasteiger partial charge is 0.495 e. The van der Waals surface area contributed by atoms with E-state index in [0.717, 1.165) is 6.20 Å². The Hall–Kier alpha value is -1.70. The van der Waals surface area contributed by atoms with Crippen LogP contribution in [0.1, 0.15) is 17.6 Å². The molecular formula is C8H6F2N2O. The Morgan fingerprint density at radius 3 is 2.69 bits per heavy atom. The first-order chi connectivity index (χ1) is 6.20. The summed E-state index contributed by atoms with van der Waals surface area (Å²) in [7, 11) is 1.24. The van der Waals surface area contributed by atoms with E-state index in [9.17, 15) is 8.78 Å². The lowest BCUT2D eigenvalue weighted by atomic mass is 10.2. The van der Waals surface area contributed by atoms with Crippen LogP contribution in [0.3, 0.4) is 0 Å². The predicted molar refractivity (Wildman–Crippen MR) is 40.5 cm³/mol. The van der Waals surface area contributed by atoms with E-state index in [1.165, 1.54) is 13.3 Å². The molecule has 0 N–H and O–H groups in total. The molecule has 0 saturated heterocycles. The summed E-state index contributed by atoms with van der Waals surface area (Å²) in [4.78, 5) is 3.50. The average molecular weight is 184 g/mol. The van der Waals surface area contributed by atoms with Gasteiger partial charge in [-0.2, -0.15) is 5.26 Å². The molecule has 1 rings (SSSR count). The van der Waals surface area contributed by atoms with Crippen molar-refractivity contribution in [1.29, 1.82) is 5.26 Å². The topological polar surface area (TPSA) is 45.9 Å². The van der Waals surface area contributed by atoms with Gasteiger partial charge >= 0.3 is 0 Å². The second kappa shape index (κ2) is 3.81. The highest BCUT2D eigenvalue weighted by atomic mass is 19.3. The minimum atomic E-state index is -2.68. The van der Waals surface area contributed by atoms with Crippen LogP contribution in [0.4, 0.5) is 8.78 Å². The number of pyridine rings is 1. The van der Waals surface area contributed by atoms with Gasteiger partial charge < -0.3 is 4.74 Å². The summed E-state index contributed by atoms with van der Waals surface area (Å²) in [6, 6.07) is 1.72. The number of aromatic nitrogens is 1. The molecule has 0 unspecified atom stereocenters. The molecule has 1 aromatic rings. The third kappa shape index (κ3) is 1.72. The zero-order valence-electron chi connectivity index (χ0n) is 6.79. The fourth-order valence-electron chi connectivity index (χ4n) is 0.928. The van der Waals surface area contributed by atoms with Gasteiger partial charge in [-0.3, -0.25) is 4.98 Å². The number of nitriles is 1. The van der Waals surface area contributed by atoms with Gasteiger partial charge in [-0.1, -0.05) is 0 Å². The maximum Gasteiger partial charge on any atom is 0.268 e. The van der Waals surface area contributed by atoms with Gasteiger partial charge in [0.05, 0.1) is 12.7 Å². The summed E-state index contributed by atoms with van der Waals surface area (Å²) in [6.07, 6.45) is -0.509. The Morgan fingerprint density at radius 1 is 1.54 bits per heavy atom. The molecule has 0 saturated carbocycles. The van der Waals surface area contributed by atoms with Gasteiger partial charge in [-0.25, -0.2) is 8.78 Å². The maximum absolute atomic E-state index is 12.3. The molecule has 3 nitrogen and oxygen atoms in total. The Morgan fingerprint density at radius 2 is 2.23 bits per heavy atom. The fraction of sp³-hybridized carbons (Fsp3) is 0.250. The number of hydrogen-bond acceptors (Lipinski definition) is 3. The van der Waals surface area contributed by atoms with Crippen LogP contribution >= 0.6 is 0 Å². The zero-order chi connectivity index (χ0) is 9.84. The van der Waals surface area contributed by atoms with Crippen LogP contribution in [-0.2, 0) is 0 Å². The van der Waals surface area contributed by atoms with Gasteiger partial charge in [0.1, 0.15) is 17.4 Å². The molecule has 68 valence electrons. The van der Waals surface area contributed by atoms with Crippen molar-refractivity contribution in [2.45, 2.75) is 6.43 Å². The highest BCUT2D eigenvalue weighted by molar-refractivity contribution is 5.46. The number of ether oxygens (including phenoxy) is 1. The van der Waals surface area contributed by atoms with Crippen molar-refractivity contribution in [1.82, 2.24) is 4.98 Å². The van der Waals surface area contributed by atoms with Crippen LogP contribution in [-0.4, -0.2) is 12.1 Å². The molecule has 0 spiro atoms. The Kier molecular flexibility index (Phi) is 2.75. The molecule has 5 heteroatoms. The van der Waals surface area contributed by atoms with E-state index in [4.69, 9.17) is 5.26 Å². The van der Waals surface area contributed by atoms with E-state index in [-0.39, 0.29) is 16.9 Å². The quantitative estimate of drug-likeness (QED) is 0.705. The fourth-order valence-corrected chi connectivity index (χ4v) is 0.928. The predicted octanol–water partition coefficient (Wildman–Crippen LogP) is 1.90. The van der Waals surface area contributed by atoms with Crippen molar-refractivity contribution < 1.29 is 13.5 Å². The molecule has 0 radical (unpaired) electrons. The van der Waals surface area contributed by atoms with Gasteiger partial charge in [0.15, 0.2) is 0 Å². The van der Waals surface area contributed by atoms with Crippen LogP contribution in [0.25, 0.3) is 0 Å². The molecule has 13 heavy (non-hydrogen) atoms.